The van der Waals surface area contributed by atoms with E-state index >= 15 is 0 Å². The summed E-state index contributed by atoms with van der Waals surface area (Å²) < 4.78 is 0. The Morgan fingerprint density at radius 2 is 1.48 bits per heavy atom. The molecule has 23 heavy (non-hydrogen) atoms. The molecule has 0 atom stereocenters. The van der Waals surface area contributed by atoms with Gasteiger partial charge in [-0.25, -0.2) is 0 Å². The molecule has 2 aromatic carbocycles. The third-order valence-corrected chi connectivity index (χ3v) is 4.73. The minimum atomic E-state index is 1.21. The summed E-state index contributed by atoms with van der Waals surface area (Å²) in [4.78, 5) is 3.54. The lowest BCUT2D eigenvalue weighted by Gasteiger charge is -2.12. The van der Waals surface area contributed by atoms with E-state index in [0.717, 1.165) is 0 Å². The molecule has 0 unspecified atom stereocenters. The molecule has 2 aromatic rings. The fourth-order valence-electron chi connectivity index (χ4n) is 2.33. The number of rotatable bonds is 4. The fourth-order valence-corrected chi connectivity index (χ4v) is 3.39. The Kier molecular flexibility index (Phi) is 5.17. The van der Waals surface area contributed by atoms with E-state index in [4.69, 9.17) is 0 Å². The number of allylic oxidation sites excluding steroid dienone is 6. The quantitative estimate of drug-likeness (QED) is 0.646. The van der Waals surface area contributed by atoms with E-state index < -0.39 is 0 Å². The van der Waals surface area contributed by atoms with Crippen LogP contribution < -0.4 is 4.90 Å². The molecular weight excluding hydrogens is 298 g/mol. The number of para-hydroxylation sites is 1. The predicted molar refractivity (Wildman–Crippen MR) is 103 cm³/mol. The summed E-state index contributed by atoms with van der Waals surface area (Å²) in [6.07, 6.45) is 14.5. The van der Waals surface area contributed by atoms with Gasteiger partial charge in [0.2, 0.25) is 0 Å². The van der Waals surface area contributed by atoms with Crippen LogP contribution in [0.4, 0.5) is 5.69 Å². The minimum Gasteiger partial charge on any atom is -0.338 e. The van der Waals surface area contributed by atoms with Crippen LogP contribution in [0.25, 0.3) is 6.08 Å². The zero-order chi connectivity index (χ0) is 15.9. The van der Waals surface area contributed by atoms with Crippen LogP contribution in [-0.2, 0) is 0 Å². The summed E-state index contributed by atoms with van der Waals surface area (Å²) in [5.74, 6) is 0. The van der Waals surface area contributed by atoms with Gasteiger partial charge in [-0.3, -0.25) is 0 Å². The summed E-state index contributed by atoms with van der Waals surface area (Å²) in [5, 5.41) is 1.25. The molecule has 0 spiro atoms. The highest BCUT2D eigenvalue weighted by Gasteiger charge is 2.20. The van der Waals surface area contributed by atoms with Gasteiger partial charge in [-0.1, -0.05) is 90.7 Å². The van der Waals surface area contributed by atoms with Crippen LogP contribution in [0.5, 0.6) is 0 Å². The topological polar surface area (TPSA) is 3.24 Å². The molecule has 0 aliphatic carbocycles. The van der Waals surface area contributed by atoms with Gasteiger partial charge in [0.15, 0.2) is 0 Å². The van der Waals surface area contributed by atoms with Gasteiger partial charge in [-0.2, -0.15) is 0 Å². The lowest BCUT2D eigenvalue weighted by Crippen LogP contribution is -2.08. The lowest BCUT2D eigenvalue weighted by atomic mass is 10.2. The van der Waals surface area contributed by atoms with E-state index in [9.17, 15) is 0 Å². The van der Waals surface area contributed by atoms with Crippen molar-refractivity contribution in [1.29, 1.82) is 0 Å². The molecule has 1 nitrogen and oxygen atoms in total. The van der Waals surface area contributed by atoms with Crippen molar-refractivity contribution < 1.29 is 0 Å². The Bertz CT molecular complexity index is 769. The Balaban J connectivity index is 1.55. The molecule has 0 N–H and O–H groups in total. The van der Waals surface area contributed by atoms with Gasteiger partial charge in [0, 0.05) is 11.9 Å². The number of fused-ring (bicyclic) bond motifs is 1. The molecule has 1 aliphatic heterocycles. The molecular formula is C21H19NS. The van der Waals surface area contributed by atoms with Gasteiger partial charge in [0.1, 0.15) is 0 Å². The summed E-state index contributed by atoms with van der Waals surface area (Å²) in [6.45, 7) is 0. The minimum absolute atomic E-state index is 1.21. The largest absolute Gasteiger partial charge is 0.338 e. The Hall–Kier alpha value is -2.45. The summed E-state index contributed by atoms with van der Waals surface area (Å²) in [6, 6.07) is 18.8. The molecule has 0 saturated heterocycles. The first-order valence-corrected chi connectivity index (χ1v) is 8.43. The van der Waals surface area contributed by atoms with Crippen molar-refractivity contribution in [2.75, 3.05) is 11.9 Å². The molecule has 1 aliphatic rings. The van der Waals surface area contributed by atoms with Crippen molar-refractivity contribution in [2.24, 2.45) is 0 Å². The molecule has 1 heterocycles. The normalized spacial score (nSPS) is 16.2. The number of benzene rings is 2. The van der Waals surface area contributed by atoms with Crippen LogP contribution in [0.3, 0.4) is 0 Å². The van der Waals surface area contributed by atoms with Crippen molar-refractivity contribution in [1.82, 2.24) is 0 Å². The number of hydrogen-bond acceptors (Lipinski definition) is 2. The van der Waals surface area contributed by atoms with Gasteiger partial charge in [0.05, 0.1) is 10.7 Å². The van der Waals surface area contributed by atoms with E-state index in [0.29, 0.717) is 0 Å². The summed E-state index contributed by atoms with van der Waals surface area (Å²) in [7, 11) is 2.11. The second kappa shape index (κ2) is 7.70. The van der Waals surface area contributed by atoms with Gasteiger partial charge >= 0.3 is 0 Å². The zero-order valence-electron chi connectivity index (χ0n) is 13.1. The molecule has 0 amide bonds. The zero-order valence-corrected chi connectivity index (χ0v) is 13.9. The first kappa shape index (κ1) is 15.4. The van der Waals surface area contributed by atoms with E-state index in [1.807, 2.05) is 42.1 Å². The number of anilines is 1. The summed E-state index contributed by atoms with van der Waals surface area (Å²) >= 11 is 1.81. The molecule has 3 rings (SSSR count). The van der Waals surface area contributed by atoms with E-state index in [-0.39, 0.29) is 0 Å². The van der Waals surface area contributed by atoms with Crippen molar-refractivity contribution in [3.05, 3.63) is 102 Å². The Morgan fingerprint density at radius 1 is 0.783 bits per heavy atom. The molecule has 0 radical (unpaired) electrons. The third-order valence-electron chi connectivity index (χ3n) is 3.54. The van der Waals surface area contributed by atoms with E-state index in [2.05, 4.69) is 78.7 Å². The average Bonchev–Trinajstić information content (AvgIpc) is 2.91. The first-order chi connectivity index (χ1) is 11.3. The molecule has 114 valence electrons. The van der Waals surface area contributed by atoms with Gasteiger partial charge in [-0.05, 0) is 23.8 Å². The van der Waals surface area contributed by atoms with Crippen molar-refractivity contribution in [3.63, 3.8) is 0 Å². The Labute approximate surface area is 142 Å². The van der Waals surface area contributed by atoms with Crippen molar-refractivity contribution >= 4 is 23.5 Å². The molecule has 0 saturated carbocycles. The maximum atomic E-state index is 2.23. The number of hydrogen-bond donors (Lipinski definition) is 0. The third kappa shape index (κ3) is 4.05. The average molecular weight is 317 g/mol. The van der Waals surface area contributed by atoms with Crippen LogP contribution in [0.15, 0.2) is 101 Å². The van der Waals surface area contributed by atoms with Gasteiger partial charge in [-0.15, -0.1) is 0 Å². The fraction of sp³-hybridized carbons (Fsp3) is 0.0476. The van der Waals surface area contributed by atoms with Crippen LogP contribution in [-0.4, -0.2) is 7.05 Å². The highest BCUT2D eigenvalue weighted by atomic mass is 32.2. The molecule has 0 fully saturated rings. The van der Waals surface area contributed by atoms with Crippen molar-refractivity contribution in [2.45, 2.75) is 4.90 Å². The first-order valence-electron chi connectivity index (χ1n) is 7.62. The van der Waals surface area contributed by atoms with Crippen molar-refractivity contribution in [3.8, 4) is 0 Å². The van der Waals surface area contributed by atoms with E-state index in [1.54, 1.807) is 0 Å². The van der Waals surface area contributed by atoms with Crippen LogP contribution in [0, 0.1) is 0 Å². The van der Waals surface area contributed by atoms with Crippen LogP contribution in [0.1, 0.15) is 5.56 Å². The molecule has 0 bridgehead atoms. The summed E-state index contributed by atoms with van der Waals surface area (Å²) in [5.41, 5.74) is 2.49. The Morgan fingerprint density at radius 3 is 2.30 bits per heavy atom. The SMILES string of the molecule is CN1C(=CC=CC=CC=Cc2ccccc2)Sc2ccccc21. The molecule has 0 aromatic heterocycles. The van der Waals surface area contributed by atoms with Crippen LogP contribution in [0.2, 0.25) is 0 Å². The highest BCUT2D eigenvalue weighted by molar-refractivity contribution is 8.03. The van der Waals surface area contributed by atoms with Gasteiger partial charge in [0.25, 0.3) is 0 Å². The number of nitrogens with zero attached hydrogens (tertiary/aromatic N) is 1. The van der Waals surface area contributed by atoms with Gasteiger partial charge < -0.3 is 4.90 Å². The standard InChI is InChI=1S/C21H19NS/c1-22-19-15-10-11-16-20(19)23-21(22)17-9-4-2-3-6-12-18-13-7-5-8-14-18/h2-17H,1H3. The molecule has 2 heteroatoms. The lowest BCUT2D eigenvalue weighted by molar-refractivity contribution is 1.17. The second-order valence-corrected chi connectivity index (χ2v) is 6.24. The maximum Gasteiger partial charge on any atom is 0.0798 e. The monoisotopic (exact) mass is 317 g/mol. The second-order valence-electron chi connectivity index (χ2n) is 5.17. The van der Waals surface area contributed by atoms with E-state index in [1.165, 1.54) is 21.2 Å². The smallest absolute Gasteiger partial charge is 0.0798 e. The number of thioether (sulfide) groups is 1. The maximum absolute atomic E-state index is 2.23. The highest BCUT2D eigenvalue weighted by Crippen LogP contribution is 2.44. The predicted octanol–water partition coefficient (Wildman–Crippen LogP) is 5.90. The van der Waals surface area contributed by atoms with Crippen LogP contribution >= 0.6 is 11.8 Å².